The molecule has 0 aliphatic heterocycles. The fourth-order valence-electron chi connectivity index (χ4n) is 2.98. The van der Waals surface area contributed by atoms with Crippen LogP contribution in [0.15, 0.2) is 48.5 Å². The fraction of sp³-hybridized carbons (Fsp3) is 0.364. The van der Waals surface area contributed by atoms with Crippen molar-refractivity contribution in [1.29, 1.82) is 0 Å². The molecule has 0 fully saturated rings. The van der Waals surface area contributed by atoms with Crippen LogP contribution in [0, 0.1) is 11.8 Å². The van der Waals surface area contributed by atoms with Gasteiger partial charge >= 0.3 is 71.5 Å². The van der Waals surface area contributed by atoms with E-state index in [9.17, 15) is 46.1 Å². The van der Waals surface area contributed by atoms with Gasteiger partial charge in [-0.3, -0.25) is 0 Å². The number of benzene rings is 2. The van der Waals surface area contributed by atoms with Crippen molar-refractivity contribution in [3.05, 3.63) is 69.7 Å². The van der Waals surface area contributed by atoms with Gasteiger partial charge in [-0.15, -0.1) is 0 Å². The number of aliphatic carboxylic acids is 2. The minimum atomic E-state index is -4.59. The number of hydrogen-bond donors (Lipinski definition) is 0. The van der Waals surface area contributed by atoms with E-state index in [1.807, 2.05) is 0 Å². The SMILES string of the molecule is C[C@@H]([C@@H](C(=O)[O-])c1ccc(Cl)cc1)C(F)(F)F.C[C@H]([C@H](C(=O)[O-])c1ccc(Cl)cc1)C(F)(F)F.[Na+].[Na+]. The molecule has 0 N–H and O–H groups in total. The predicted octanol–water partition coefficient (Wildman–Crippen LogP) is -1.25. The molecule has 36 heavy (non-hydrogen) atoms. The molecule has 188 valence electrons. The molecule has 4 atom stereocenters. The maximum atomic E-state index is 12.5. The van der Waals surface area contributed by atoms with Crippen LogP contribution in [0.25, 0.3) is 0 Å². The Bertz CT molecular complexity index is 891. The fourth-order valence-corrected chi connectivity index (χ4v) is 3.23. The molecular formula is C22H18Cl2F6Na2O4. The molecule has 0 spiro atoms. The number of alkyl halides is 6. The molecule has 2 rings (SSSR count). The van der Waals surface area contributed by atoms with Crippen LogP contribution >= 0.6 is 23.2 Å². The van der Waals surface area contributed by atoms with Crippen molar-refractivity contribution >= 4 is 35.1 Å². The minimum Gasteiger partial charge on any atom is -0.549 e. The van der Waals surface area contributed by atoms with Crippen LogP contribution < -0.4 is 69.3 Å². The maximum absolute atomic E-state index is 12.5. The van der Waals surface area contributed by atoms with Crippen molar-refractivity contribution in [2.75, 3.05) is 0 Å². The summed E-state index contributed by atoms with van der Waals surface area (Å²) in [5.41, 5.74) is 0.0541. The third-order valence-corrected chi connectivity index (χ3v) is 5.50. The molecule has 0 heterocycles. The predicted molar refractivity (Wildman–Crippen MR) is 109 cm³/mol. The van der Waals surface area contributed by atoms with Crippen molar-refractivity contribution in [3.63, 3.8) is 0 Å². The van der Waals surface area contributed by atoms with Crippen molar-refractivity contribution < 1.29 is 105 Å². The van der Waals surface area contributed by atoms with Gasteiger partial charge in [-0.05, 0) is 35.4 Å². The van der Waals surface area contributed by atoms with Gasteiger partial charge in [0.1, 0.15) is 0 Å². The second-order valence-electron chi connectivity index (χ2n) is 7.36. The Morgan fingerprint density at radius 2 is 0.861 bits per heavy atom. The van der Waals surface area contributed by atoms with E-state index >= 15 is 0 Å². The first-order chi connectivity index (χ1) is 15.5. The van der Waals surface area contributed by atoms with Crippen molar-refractivity contribution in [2.45, 2.75) is 38.0 Å². The quantitative estimate of drug-likeness (QED) is 0.318. The topological polar surface area (TPSA) is 80.3 Å². The summed E-state index contributed by atoms with van der Waals surface area (Å²) >= 11 is 11.2. The third-order valence-electron chi connectivity index (χ3n) is 5.00. The Morgan fingerprint density at radius 3 is 1.03 bits per heavy atom. The van der Waals surface area contributed by atoms with Crippen LogP contribution in [-0.2, 0) is 9.59 Å². The smallest absolute Gasteiger partial charge is 0.549 e. The van der Waals surface area contributed by atoms with Gasteiger partial charge in [0.2, 0.25) is 0 Å². The first-order valence-corrected chi connectivity index (χ1v) is 10.3. The zero-order valence-electron chi connectivity index (χ0n) is 19.6. The van der Waals surface area contributed by atoms with Crippen LogP contribution in [0.1, 0.15) is 36.8 Å². The first kappa shape index (κ1) is 37.7. The Balaban J connectivity index is 0. The maximum Gasteiger partial charge on any atom is 1.00 e. The Morgan fingerprint density at radius 1 is 0.639 bits per heavy atom. The number of carboxylic acids is 2. The summed E-state index contributed by atoms with van der Waals surface area (Å²) < 4.78 is 75.0. The van der Waals surface area contributed by atoms with Crippen molar-refractivity contribution in [1.82, 2.24) is 0 Å². The standard InChI is InChI=1S/2C11H10ClF3O2.2Na/c2*1-6(11(13,14)15)9(10(16)17)7-2-4-8(12)5-3-7;;/h2*2-6,9H,1H3,(H,16,17);;/q;;2*+1/p-2/t2*6-,9+;;/m10../s1. The van der Waals surface area contributed by atoms with Gasteiger partial charge in [-0.2, -0.15) is 26.3 Å². The van der Waals surface area contributed by atoms with E-state index in [1.54, 1.807) is 0 Å². The summed E-state index contributed by atoms with van der Waals surface area (Å²) in [6.07, 6.45) is -9.19. The van der Waals surface area contributed by atoms with Gasteiger partial charge in [0.25, 0.3) is 0 Å². The average molecular weight is 577 g/mol. The van der Waals surface area contributed by atoms with E-state index in [0.29, 0.717) is 10.0 Å². The molecule has 0 amide bonds. The molecule has 0 aliphatic rings. The molecule has 0 aromatic heterocycles. The van der Waals surface area contributed by atoms with Crippen LogP contribution in [-0.4, -0.2) is 24.3 Å². The summed E-state index contributed by atoms with van der Waals surface area (Å²) in [7, 11) is 0. The van der Waals surface area contributed by atoms with Crippen LogP contribution in [0.2, 0.25) is 10.0 Å². The van der Waals surface area contributed by atoms with E-state index < -0.39 is 48.0 Å². The van der Waals surface area contributed by atoms with E-state index in [2.05, 4.69) is 0 Å². The van der Waals surface area contributed by atoms with E-state index in [1.165, 1.54) is 48.5 Å². The summed E-state index contributed by atoms with van der Waals surface area (Å²) in [6, 6.07) is 10.4. The van der Waals surface area contributed by atoms with Crippen LogP contribution in [0.5, 0.6) is 0 Å². The normalized spacial score (nSPS) is 14.5. The molecule has 0 saturated carbocycles. The van der Waals surface area contributed by atoms with Gasteiger partial charge < -0.3 is 19.8 Å². The number of halogens is 8. The van der Waals surface area contributed by atoms with Crippen LogP contribution in [0.3, 0.4) is 0 Å². The second kappa shape index (κ2) is 15.8. The van der Waals surface area contributed by atoms with E-state index in [0.717, 1.165) is 13.8 Å². The van der Waals surface area contributed by atoms with Gasteiger partial charge in [-0.25, -0.2) is 0 Å². The molecule has 0 radical (unpaired) electrons. The number of hydrogen-bond acceptors (Lipinski definition) is 4. The van der Waals surface area contributed by atoms with E-state index in [-0.39, 0.29) is 70.2 Å². The van der Waals surface area contributed by atoms with Gasteiger partial charge in [0, 0.05) is 33.8 Å². The van der Waals surface area contributed by atoms with E-state index in [4.69, 9.17) is 23.2 Å². The summed E-state index contributed by atoms with van der Waals surface area (Å²) in [5, 5.41) is 22.3. The summed E-state index contributed by atoms with van der Waals surface area (Å²) in [4.78, 5) is 21.7. The molecule has 14 heteroatoms. The number of carbonyl (C=O) groups is 2. The number of carbonyl (C=O) groups excluding carboxylic acids is 2. The molecule has 0 bridgehead atoms. The summed E-state index contributed by atoms with van der Waals surface area (Å²) in [5.74, 6) is -11.0. The zero-order valence-corrected chi connectivity index (χ0v) is 25.1. The zero-order chi connectivity index (χ0) is 26.4. The molecular weight excluding hydrogens is 559 g/mol. The monoisotopic (exact) mass is 576 g/mol. The number of carboxylic acid groups (broad SMARTS) is 2. The Kier molecular flexibility index (Phi) is 16.6. The molecule has 2 aromatic carbocycles. The number of rotatable bonds is 6. The summed E-state index contributed by atoms with van der Waals surface area (Å²) in [6.45, 7) is 1.63. The van der Waals surface area contributed by atoms with Crippen molar-refractivity contribution in [2.24, 2.45) is 11.8 Å². The largest absolute Gasteiger partial charge is 1.00 e. The average Bonchev–Trinajstić information content (AvgIpc) is 2.70. The first-order valence-electron chi connectivity index (χ1n) is 9.52. The third kappa shape index (κ3) is 11.5. The van der Waals surface area contributed by atoms with Gasteiger partial charge in [-0.1, -0.05) is 61.3 Å². The molecule has 0 unspecified atom stereocenters. The second-order valence-corrected chi connectivity index (χ2v) is 8.23. The van der Waals surface area contributed by atoms with Gasteiger partial charge in [0.15, 0.2) is 0 Å². The van der Waals surface area contributed by atoms with Crippen LogP contribution in [0.4, 0.5) is 26.3 Å². The minimum absolute atomic E-state index is 0. The Labute approximate surface area is 257 Å². The molecule has 0 aliphatic carbocycles. The molecule has 2 aromatic rings. The Hall–Kier alpha value is -0.460. The van der Waals surface area contributed by atoms with Crippen molar-refractivity contribution in [3.8, 4) is 0 Å². The molecule has 0 saturated heterocycles. The molecule has 4 nitrogen and oxygen atoms in total. The van der Waals surface area contributed by atoms with Gasteiger partial charge in [0.05, 0.1) is 11.8 Å².